The Balaban J connectivity index is 1.76. The summed E-state index contributed by atoms with van der Waals surface area (Å²) in [5.74, 6) is 2.63. The molecule has 2 saturated heterocycles. The summed E-state index contributed by atoms with van der Waals surface area (Å²) in [6.45, 7) is 1.50. The molecule has 0 aromatic rings. The molecule has 2 aliphatic heterocycles. The molecule has 74 valence electrons. The number of nitrogens with one attached hydrogen (secondary N) is 1. The second-order valence-electron chi connectivity index (χ2n) is 3.63. The van der Waals surface area contributed by atoms with Gasteiger partial charge in [0.05, 0.1) is 12.6 Å². The van der Waals surface area contributed by atoms with Crippen LogP contribution in [0.2, 0.25) is 0 Å². The van der Waals surface area contributed by atoms with Crippen LogP contribution in [0.5, 0.6) is 0 Å². The van der Waals surface area contributed by atoms with E-state index in [2.05, 4.69) is 5.32 Å². The molecule has 2 fully saturated rings. The largest absolute Gasteiger partial charge is 0.379 e. The molecule has 2 atom stereocenters. The predicted octanol–water partition coefficient (Wildman–Crippen LogP) is 0.645. The Morgan fingerprint density at radius 2 is 2.38 bits per heavy atom. The molecule has 0 aromatic heterocycles. The zero-order chi connectivity index (χ0) is 9.10. The molecule has 1 amide bonds. The molecule has 2 heterocycles. The normalized spacial score (nSPS) is 33.5. The molecule has 0 radical (unpaired) electrons. The summed E-state index contributed by atoms with van der Waals surface area (Å²) in [7, 11) is 0. The van der Waals surface area contributed by atoms with Gasteiger partial charge in [-0.05, 0) is 18.6 Å². The standard InChI is InChI=1S/C9H15NO2S/c11-9(7-2-4-13-6-7)10-8-1-3-12-5-8/h7-8H,1-6H2,(H,10,11). The van der Waals surface area contributed by atoms with Gasteiger partial charge in [-0.25, -0.2) is 0 Å². The number of hydrogen-bond donors (Lipinski definition) is 1. The van der Waals surface area contributed by atoms with Crippen LogP contribution in [0.4, 0.5) is 0 Å². The van der Waals surface area contributed by atoms with Gasteiger partial charge in [0.2, 0.25) is 5.91 Å². The third-order valence-corrected chi connectivity index (χ3v) is 3.74. The van der Waals surface area contributed by atoms with Crippen LogP contribution >= 0.6 is 11.8 Å². The van der Waals surface area contributed by atoms with Crippen LogP contribution < -0.4 is 5.32 Å². The van der Waals surface area contributed by atoms with Gasteiger partial charge in [-0.2, -0.15) is 11.8 Å². The Hall–Kier alpha value is -0.220. The first kappa shape index (κ1) is 9.34. The van der Waals surface area contributed by atoms with E-state index >= 15 is 0 Å². The maximum atomic E-state index is 11.6. The highest BCUT2D eigenvalue weighted by atomic mass is 32.2. The van der Waals surface area contributed by atoms with E-state index < -0.39 is 0 Å². The van der Waals surface area contributed by atoms with Crippen molar-refractivity contribution < 1.29 is 9.53 Å². The van der Waals surface area contributed by atoms with Crippen LogP contribution in [0.15, 0.2) is 0 Å². The van der Waals surface area contributed by atoms with Crippen LogP contribution in [0.1, 0.15) is 12.8 Å². The summed E-state index contributed by atoms with van der Waals surface area (Å²) < 4.78 is 5.20. The van der Waals surface area contributed by atoms with Crippen molar-refractivity contribution in [2.45, 2.75) is 18.9 Å². The van der Waals surface area contributed by atoms with E-state index in [-0.39, 0.29) is 17.9 Å². The van der Waals surface area contributed by atoms with Gasteiger partial charge in [-0.3, -0.25) is 4.79 Å². The Morgan fingerprint density at radius 1 is 1.46 bits per heavy atom. The maximum absolute atomic E-state index is 11.6. The fraction of sp³-hybridized carbons (Fsp3) is 0.889. The molecule has 0 spiro atoms. The van der Waals surface area contributed by atoms with Gasteiger partial charge in [0, 0.05) is 18.3 Å². The summed E-state index contributed by atoms with van der Waals surface area (Å²) in [6, 6.07) is 0.276. The van der Waals surface area contributed by atoms with E-state index in [4.69, 9.17) is 4.74 Å². The van der Waals surface area contributed by atoms with Crippen molar-refractivity contribution >= 4 is 17.7 Å². The lowest BCUT2D eigenvalue weighted by Gasteiger charge is -2.13. The van der Waals surface area contributed by atoms with E-state index in [0.717, 1.165) is 31.0 Å². The highest BCUT2D eigenvalue weighted by Gasteiger charge is 2.26. The van der Waals surface area contributed by atoms with Gasteiger partial charge in [0.15, 0.2) is 0 Å². The zero-order valence-electron chi connectivity index (χ0n) is 7.62. The molecule has 0 bridgehead atoms. The minimum atomic E-state index is 0.237. The second-order valence-corrected chi connectivity index (χ2v) is 4.78. The van der Waals surface area contributed by atoms with Crippen molar-refractivity contribution in [3.05, 3.63) is 0 Å². The van der Waals surface area contributed by atoms with Crippen molar-refractivity contribution in [3.63, 3.8) is 0 Å². The number of amides is 1. The average molecular weight is 201 g/mol. The number of rotatable bonds is 2. The molecular formula is C9H15NO2S. The van der Waals surface area contributed by atoms with Gasteiger partial charge in [-0.1, -0.05) is 0 Å². The minimum absolute atomic E-state index is 0.237. The lowest BCUT2D eigenvalue weighted by Crippen LogP contribution is -2.39. The number of thioether (sulfide) groups is 1. The summed E-state index contributed by atoms with van der Waals surface area (Å²) in [5.41, 5.74) is 0. The number of ether oxygens (including phenoxy) is 1. The Bertz CT molecular complexity index is 186. The highest BCUT2D eigenvalue weighted by molar-refractivity contribution is 7.99. The molecule has 4 heteroatoms. The van der Waals surface area contributed by atoms with Crippen LogP contribution in [-0.2, 0) is 9.53 Å². The van der Waals surface area contributed by atoms with Gasteiger partial charge < -0.3 is 10.1 Å². The monoisotopic (exact) mass is 201 g/mol. The first-order valence-corrected chi connectivity index (χ1v) is 5.97. The number of carbonyl (C=O) groups is 1. The molecule has 3 nitrogen and oxygen atoms in total. The van der Waals surface area contributed by atoms with Crippen molar-refractivity contribution in [2.24, 2.45) is 5.92 Å². The highest BCUT2D eigenvalue weighted by Crippen LogP contribution is 2.23. The van der Waals surface area contributed by atoms with Crippen LogP contribution in [-0.4, -0.2) is 36.7 Å². The quantitative estimate of drug-likeness (QED) is 0.712. The lowest BCUT2D eigenvalue weighted by atomic mass is 10.1. The van der Waals surface area contributed by atoms with Gasteiger partial charge in [0.25, 0.3) is 0 Å². The van der Waals surface area contributed by atoms with Gasteiger partial charge >= 0.3 is 0 Å². The third kappa shape index (κ3) is 2.38. The molecule has 2 aliphatic rings. The van der Waals surface area contributed by atoms with Gasteiger partial charge in [-0.15, -0.1) is 0 Å². The molecule has 1 N–H and O–H groups in total. The fourth-order valence-corrected chi connectivity index (χ4v) is 2.93. The molecule has 0 aromatic carbocycles. The van der Waals surface area contributed by atoms with E-state index in [0.29, 0.717) is 6.61 Å². The first-order chi connectivity index (χ1) is 6.36. The first-order valence-electron chi connectivity index (χ1n) is 4.82. The summed E-state index contributed by atoms with van der Waals surface area (Å²) in [5, 5.41) is 3.04. The Labute approximate surface area is 82.6 Å². The number of carbonyl (C=O) groups excluding carboxylic acids is 1. The average Bonchev–Trinajstić information content (AvgIpc) is 2.74. The summed E-state index contributed by atoms with van der Waals surface area (Å²) >= 11 is 1.88. The Morgan fingerprint density at radius 3 is 3.00 bits per heavy atom. The topological polar surface area (TPSA) is 38.3 Å². The van der Waals surface area contributed by atoms with Crippen LogP contribution in [0.3, 0.4) is 0 Å². The third-order valence-electron chi connectivity index (χ3n) is 2.58. The van der Waals surface area contributed by atoms with Crippen molar-refractivity contribution in [1.82, 2.24) is 5.32 Å². The van der Waals surface area contributed by atoms with E-state index in [1.807, 2.05) is 11.8 Å². The van der Waals surface area contributed by atoms with Crippen molar-refractivity contribution in [3.8, 4) is 0 Å². The maximum Gasteiger partial charge on any atom is 0.224 e. The van der Waals surface area contributed by atoms with Crippen LogP contribution in [0.25, 0.3) is 0 Å². The SMILES string of the molecule is O=C(NC1CCOC1)C1CCSC1. The molecule has 0 aliphatic carbocycles. The summed E-state index contributed by atoms with van der Waals surface area (Å²) in [6.07, 6.45) is 2.02. The molecule has 13 heavy (non-hydrogen) atoms. The zero-order valence-corrected chi connectivity index (χ0v) is 8.44. The Kier molecular flexibility index (Phi) is 3.11. The molecule has 2 unspecified atom stereocenters. The van der Waals surface area contributed by atoms with Gasteiger partial charge in [0.1, 0.15) is 0 Å². The van der Waals surface area contributed by atoms with E-state index in [1.54, 1.807) is 0 Å². The van der Waals surface area contributed by atoms with E-state index in [9.17, 15) is 4.79 Å². The number of hydrogen-bond acceptors (Lipinski definition) is 3. The molecule has 2 rings (SSSR count). The molecule has 0 saturated carbocycles. The predicted molar refractivity (Wildman–Crippen MR) is 52.8 cm³/mol. The van der Waals surface area contributed by atoms with Crippen molar-refractivity contribution in [2.75, 3.05) is 24.7 Å². The second kappa shape index (κ2) is 4.33. The summed E-state index contributed by atoms with van der Waals surface area (Å²) in [4.78, 5) is 11.6. The van der Waals surface area contributed by atoms with Crippen LogP contribution in [0, 0.1) is 5.92 Å². The minimum Gasteiger partial charge on any atom is -0.379 e. The fourth-order valence-electron chi connectivity index (χ4n) is 1.71. The smallest absolute Gasteiger partial charge is 0.224 e. The van der Waals surface area contributed by atoms with E-state index in [1.165, 1.54) is 0 Å². The lowest BCUT2D eigenvalue weighted by molar-refractivity contribution is -0.124. The van der Waals surface area contributed by atoms with Crippen molar-refractivity contribution in [1.29, 1.82) is 0 Å². The molecular weight excluding hydrogens is 186 g/mol.